The second-order valence-corrected chi connectivity index (χ2v) is 7.31. The lowest BCUT2D eigenvalue weighted by molar-refractivity contribution is -0.0133. The molecule has 2 aromatic rings. The van der Waals surface area contributed by atoms with Crippen LogP contribution in [-0.4, -0.2) is 29.2 Å². The van der Waals surface area contributed by atoms with Crippen LogP contribution in [0.1, 0.15) is 18.9 Å². The van der Waals surface area contributed by atoms with Crippen molar-refractivity contribution < 1.29 is 22.3 Å². The van der Waals surface area contributed by atoms with Crippen molar-refractivity contribution in [3.63, 3.8) is 0 Å². The molecule has 0 bridgehead atoms. The zero-order valence-corrected chi connectivity index (χ0v) is 15.3. The molecule has 5 nitrogen and oxygen atoms in total. The van der Waals surface area contributed by atoms with Gasteiger partial charge in [0.2, 0.25) is 10.0 Å². The molecule has 0 fully saturated rings. The van der Waals surface area contributed by atoms with Gasteiger partial charge in [0.1, 0.15) is 5.60 Å². The van der Waals surface area contributed by atoms with Gasteiger partial charge in [-0.15, -0.1) is 0 Å². The fourth-order valence-electron chi connectivity index (χ4n) is 2.62. The third kappa shape index (κ3) is 4.18. The quantitative estimate of drug-likeness (QED) is 0.779. The van der Waals surface area contributed by atoms with Gasteiger partial charge in [0, 0.05) is 13.7 Å². The highest BCUT2D eigenvalue weighted by atomic mass is 32.2. The van der Waals surface area contributed by atoms with Gasteiger partial charge >= 0.3 is 0 Å². The Bertz CT molecular complexity index is 805. The first-order chi connectivity index (χ1) is 11.9. The van der Waals surface area contributed by atoms with Gasteiger partial charge in [-0.1, -0.05) is 37.3 Å². The van der Waals surface area contributed by atoms with Gasteiger partial charge in [-0.3, -0.25) is 0 Å². The number of halogens is 1. The third-order valence-corrected chi connectivity index (χ3v) is 5.64. The van der Waals surface area contributed by atoms with Crippen molar-refractivity contribution in [3.05, 3.63) is 59.9 Å². The van der Waals surface area contributed by atoms with Crippen molar-refractivity contribution in [2.75, 3.05) is 20.8 Å². The molecule has 0 aliphatic heterocycles. The maximum atomic E-state index is 13.8. The van der Waals surface area contributed by atoms with E-state index in [2.05, 4.69) is 4.72 Å². The topological polar surface area (TPSA) is 64.6 Å². The number of ether oxygens (including phenoxy) is 2. The van der Waals surface area contributed by atoms with Crippen LogP contribution in [-0.2, 0) is 20.4 Å². The average Bonchev–Trinajstić information content (AvgIpc) is 2.64. The molecule has 1 unspecified atom stereocenters. The average molecular weight is 367 g/mol. The fourth-order valence-corrected chi connectivity index (χ4v) is 3.71. The van der Waals surface area contributed by atoms with Gasteiger partial charge in [0.25, 0.3) is 0 Å². The molecule has 0 aromatic heterocycles. The summed E-state index contributed by atoms with van der Waals surface area (Å²) in [4.78, 5) is -0.167. The Kier molecular flexibility index (Phi) is 6.16. The first-order valence-corrected chi connectivity index (χ1v) is 9.30. The largest absolute Gasteiger partial charge is 0.494 e. The van der Waals surface area contributed by atoms with E-state index < -0.39 is 21.4 Å². The molecule has 0 aliphatic rings. The van der Waals surface area contributed by atoms with Crippen molar-refractivity contribution in [1.82, 2.24) is 4.72 Å². The molecule has 25 heavy (non-hydrogen) atoms. The molecule has 0 amide bonds. The number of sulfonamides is 1. The summed E-state index contributed by atoms with van der Waals surface area (Å²) >= 11 is 0. The predicted molar refractivity (Wildman–Crippen MR) is 93.6 cm³/mol. The summed E-state index contributed by atoms with van der Waals surface area (Å²) in [6.07, 6.45) is 0.563. The monoisotopic (exact) mass is 367 g/mol. The van der Waals surface area contributed by atoms with Crippen LogP contribution in [0.5, 0.6) is 5.75 Å². The van der Waals surface area contributed by atoms with E-state index >= 15 is 0 Å². The molecule has 136 valence electrons. The lowest BCUT2D eigenvalue weighted by Crippen LogP contribution is -2.41. The van der Waals surface area contributed by atoms with Crippen molar-refractivity contribution in [3.8, 4) is 5.75 Å². The Morgan fingerprint density at radius 1 is 1.12 bits per heavy atom. The summed E-state index contributed by atoms with van der Waals surface area (Å²) < 4.78 is 51.8. The van der Waals surface area contributed by atoms with Gasteiger partial charge < -0.3 is 9.47 Å². The molecule has 0 spiro atoms. The molecule has 0 saturated heterocycles. The number of benzene rings is 2. The summed E-state index contributed by atoms with van der Waals surface area (Å²) in [6.45, 7) is 1.94. The third-order valence-electron chi connectivity index (χ3n) is 4.24. The Labute approximate surface area is 147 Å². The summed E-state index contributed by atoms with van der Waals surface area (Å²) in [5.74, 6) is -0.745. The van der Waals surface area contributed by atoms with Crippen molar-refractivity contribution in [2.24, 2.45) is 0 Å². The molecule has 2 aromatic carbocycles. The minimum Gasteiger partial charge on any atom is -0.494 e. The number of rotatable bonds is 8. The van der Waals surface area contributed by atoms with E-state index in [1.165, 1.54) is 26.4 Å². The lowest BCUT2D eigenvalue weighted by atomic mass is 9.91. The second-order valence-electron chi connectivity index (χ2n) is 5.54. The molecule has 7 heteroatoms. The molecule has 2 rings (SSSR count). The van der Waals surface area contributed by atoms with E-state index in [9.17, 15) is 12.8 Å². The van der Waals surface area contributed by atoms with E-state index in [-0.39, 0.29) is 17.2 Å². The predicted octanol–water partition coefficient (Wildman–Crippen LogP) is 3.06. The molecule has 0 radical (unpaired) electrons. The smallest absolute Gasteiger partial charge is 0.240 e. The Balaban J connectivity index is 2.26. The molecular formula is C18H22FNO4S. The van der Waals surface area contributed by atoms with E-state index in [0.717, 1.165) is 11.6 Å². The van der Waals surface area contributed by atoms with Crippen molar-refractivity contribution in [1.29, 1.82) is 0 Å². The molecule has 0 heterocycles. The fraction of sp³-hybridized carbons (Fsp3) is 0.333. The van der Waals surface area contributed by atoms with E-state index in [0.29, 0.717) is 6.42 Å². The van der Waals surface area contributed by atoms with Crippen LogP contribution >= 0.6 is 0 Å². The Morgan fingerprint density at radius 2 is 1.80 bits per heavy atom. The number of hydrogen-bond acceptors (Lipinski definition) is 4. The van der Waals surface area contributed by atoms with Crippen molar-refractivity contribution in [2.45, 2.75) is 23.8 Å². The van der Waals surface area contributed by atoms with Gasteiger partial charge in [-0.25, -0.2) is 17.5 Å². The highest BCUT2D eigenvalue weighted by Gasteiger charge is 2.32. The van der Waals surface area contributed by atoms with Gasteiger partial charge in [-0.05, 0) is 30.2 Å². The van der Waals surface area contributed by atoms with Gasteiger partial charge in [0.15, 0.2) is 11.6 Å². The summed E-state index contributed by atoms with van der Waals surface area (Å²) in [5.41, 5.74) is 0.0582. The maximum Gasteiger partial charge on any atom is 0.240 e. The zero-order chi connectivity index (χ0) is 18.5. The lowest BCUT2D eigenvalue weighted by Gasteiger charge is -2.32. The molecular weight excluding hydrogens is 345 g/mol. The second kappa shape index (κ2) is 7.95. The summed E-state index contributed by atoms with van der Waals surface area (Å²) in [6, 6.07) is 12.9. The van der Waals surface area contributed by atoms with Crippen LogP contribution in [0, 0.1) is 5.82 Å². The van der Waals surface area contributed by atoms with E-state index in [1.807, 2.05) is 37.3 Å². The van der Waals surface area contributed by atoms with Crippen LogP contribution in [0.4, 0.5) is 4.39 Å². The number of methoxy groups -OCH3 is 2. The van der Waals surface area contributed by atoms with Crippen LogP contribution in [0.15, 0.2) is 53.4 Å². The van der Waals surface area contributed by atoms with Crippen LogP contribution in [0.2, 0.25) is 0 Å². The molecule has 1 atom stereocenters. The minimum absolute atomic E-state index is 0.0111. The highest BCUT2D eigenvalue weighted by Crippen LogP contribution is 2.29. The van der Waals surface area contributed by atoms with Gasteiger partial charge in [0.05, 0.1) is 12.0 Å². The van der Waals surface area contributed by atoms with E-state index in [4.69, 9.17) is 9.47 Å². The van der Waals surface area contributed by atoms with Gasteiger partial charge in [-0.2, -0.15) is 0 Å². The first-order valence-electron chi connectivity index (χ1n) is 7.82. The molecule has 0 saturated carbocycles. The van der Waals surface area contributed by atoms with Crippen LogP contribution < -0.4 is 9.46 Å². The number of nitrogens with one attached hydrogen (secondary N) is 1. The Morgan fingerprint density at radius 3 is 2.32 bits per heavy atom. The highest BCUT2D eigenvalue weighted by molar-refractivity contribution is 7.89. The zero-order valence-electron chi connectivity index (χ0n) is 14.5. The first kappa shape index (κ1) is 19.4. The molecule has 1 N–H and O–H groups in total. The summed E-state index contributed by atoms with van der Waals surface area (Å²) in [5, 5.41) is 0. The Hall–Kier alpha value is -1.96. The van der Waals surface area contributed by atoms with Crippen molar-refractivity contribution >= 4 is 10.0 Å². The SMILES string of the molecule is CCC(CNS(=O)(=O)c1ccc(OC)c(F)c1)(OC)c1ccccc1. The summed E-state index contributed by atoms with van der Waals surface area (Å²) in [7, 11) is -1.04. The number of hydrogen-bond donors (Lipinski definition) is 1. The normalized spacial score (nSPS) is 14.1. The van der Waals surface area contributed by atoms with Crippen LogP contribution in [0.3, 0.4) is 0 Å². The maximum absolute atomic E-state index is 13.8. The van der Waals surface area contributed by atoms with E-state index in [1.54, 1.807) is 0 Å². The standard InChI is InChI=1S/C18H22FNO4S/c1-4-18(24-3,14-8-6-5-7-9-14)13-20-25(21,22)15-10-11-17(23-2)16(19)12-15/h5-12,20H,4,13H2,1-3H3. The molecule has 0 aliphatic carbocycles. The minimum atomic E-state index is -3.89. The van der Waals surface area contributed by atoms with Crippen LogP contribution in [0.25, 0.3) is 0 Å².